The van der Waals surface area contributed by atoms with Crippen molar-refractivity contribution in [2.24, 2.45) is 0 Å². The largest absolute Gasteiger partial charge is 0.488 e. The number of carbonyl (C=O) groups excluding carboxylic acids is 1. The van der Waals surface area contributed by atoms with Gasteiger partial charge in [0.2, 0.25) is 0 Å². The first kappa shape index (κ1) is 25.5. The smallest absolute Gasteiger partial charge is 0.254 e. The van der Waals surface area contributed by atoms with Crippen molar-refractivity contribution in [1.29, 1.82) is 0 Å². The van der Waals surface area contributed by atoms with Crippen molar-refractivity contribution in [1.82, 2.24) is 25.2 Å². The summed E-state index contributed by atoms with van der Waals surface area (Å²) in [6.45, 7) is 6.66. The molecule has 2 aromatic carbocycles. The van der Waals surface area contributed by atoms with E-state index in [-0.39, 0.29) is 24.3 Å². The van der Waals surface area contributed by atoms with Gasteiger partial charge in [-0.2, -0.15) is 5.10 Å². The van der Waals surface area contributed by atoms with Crippen molar-refractivity contribution < 1.29 is 27.9 Å². The van der Waals surface area contributed by atoms with E-state index in [1.54, 1.807) is 19.2 Å². The Morgan fingerprint density at radius 2 is 1.97 bits per heavy atom. The number of amides is 1. The number of hydrogen-bond donors (Lipinski definition) is 1. The van der Waals surface area contributed by atoms with Crippen molar-refractivity contribution in [3.63, 3.8) is 0 Å². The molecule has 2 saturated heterocycles. The summed E-state index contributed by atoms with van der Waals surface area (Å²) in [4.78, 5) is 17.6. The number of rotatable bonds is 8. The van der Waals surface area contributed by atoms with Gasteiger partial charge in [-0.25, -0.2) is 4.39 Å². The quantitative estimate of drug-likeness (QED) is 0.341. The minimum atomic E-state index is -0.506. The summed E-state index contributed by atoms with van der Waals surface area (Å²) in [6, 6.07) is 12.6. The summed E-state index contributed by atoms with van der Waals surface area (Å²) in [6.07, 6.45) is 0. The number of piperazine rings is 1. The van der Waals surface area contributed by atoms with Crippen LogP contribution in [0.15, 0.2) is 47.0 Å². The number of fused-ring (bicyclic) bond motifs is 1. The molecule has 204 valence electrons. The van der Waals surface area contributed by atoms with Crippen LogP contribution >= 0.6 is 0 Å². The fraction of sp³-hybridized carbons (Fsp3) is 0.393. The number of methoxy groups -OCH3 is 1. The van der Waals surface area contributed by atoms with Crippen molar-refractivity contribution in [2.45, 2.75) is 19.0 Å². The Hall–Kier alpha value is -3.80. The second-order valence-electron chi connectivity index (χ2n) is 9.93. The van der Waals surface area contributed by atoms with Gasteiger partial charge in [0.05, 0.1) is 31.4 Å². The molecule has 1 amide bonds. The van der Waals surface area contributed by atoms with E-state index < -0.39 is 5.82 Å². The molecule has 1 unspecified atom stereocenters. The maximum atomic E-state index is 14.6. The van der Waals surface area contributed by atoms with Crippen molar-refractivity contribution >= 4 is 16.8 Å². The van der Waals surface area contributed by atoms with E-state index in [0.717, 1.165) is 31.9 Å². The number of aromatic nitrogens is 3. The maximum absolute atomic E-state index is 14.6. The third-order valence-electron chi connectivity index (χ3n) is 7.39. The molecule has 2 aliphatic rings. The first-order valence-electron chi connectivity index (χ1n) is 13.0. The maximum Gasteiger partial charge on any atom is 0.254 e. The molecule has 2 aliphatic heterocycles. The summed E-state index contributed by atoms with van der Waals surface area (Å²) >= 11 is 0. The molecule has 10 nitrogen and oxygen atoms in total. The Kier molecular flexibility index (Phi) is 7.03. The van der Waals surface area contributed by atoms with Gasteiger partial charge in [0, 0.05) is 61.4 Å². The number of hydrogen-bond acceptors (Lipinski definition) is 8. The molecule has 4 aromatic rings. The van der Waals surface area contributed by atoms with Crippen LogP contribution in [0, 0.1) is 5.82 Å². The van der Waals surface area contributed by atoms with E-state index in [4.69, 9.17) is 18.7 Å². The molecule has 0 saturated carbocycles. The normalized spacial score (nSPS) is 18.4. The summed E-state index contributed by atoms with van der Waals surface area (Å²) in [5.41, 5.74) is 3.07. The number of halogens is 1. The van der Waals surface area contributed by atoms with Gasteiger partial charge in [-0.15, -0.1) is 0 Å². The monoisotopic (exact) mass is 535 g/mol. The number of H-pyrrole nitrogens is 1. The molecule has 2 aromatic heterocycles. The minimum absolute atomic E-state index is 0.0231. The zero-order valence-corrected chi connectivity index (χ0v) is 21.9. The Labute approximate surface area is 224 Å². The van der Waals surface area contributed by atoms with Gasteiger partial charge in [-0.1, -0.05) is 17.3 Å². The molecule has 6 rings (SSSR count). The molecular formula is C28H30FN5O5. The van der Waals surface area contributed by atoms with E-state index in [1.165, 1.54) is 6.07 Å². The predicted molar refractivity (Wildman–Crippen MR) is 141 cm³/mol. The van der Waals surface area contributed by atoms with Crippen LogP contribution in [0.2, 0.25) is 0 Å². The van der Waals surface area contributed by atoms with Crippen LogP contribution in [0.3, 0.4) is 0 Å². The molecule has 1 N–H and O–H groups in total. The van der Waals surface area contributed by atoms with Gasteiger partial charge in [0.15, 0.2) is 17.3 Å². The van der Waals surface area contributed by atoms with Crippen LogP contribution in [0.5, 0.6) is 5.75 Å². The topological polar surface area (TPSA) is 106 Å². The third-order valence-corrected chi connectivity index (χ3v) is 7.39. The highest BCUT2D eigenvalue weighted by Crippen LogP contribution is 2.33. The molecule has 0 bridgehead atoms. The lowest BCUT2D eigenvalue weighted by atomic mass is 10.0. The molecule has 0 radical (unpaired) electrons. The number of nitrogens with one attached hydrogen (secondary N) is 1. The summed E-state index contributed by atoms with van der Waals surface area (Å²) in [5, 5.41) is 11.9. The Balaban J connectivity index is 1.15. The van der Waals surface area contributed by atoms with Gasteiger partial charge >= 0.3 is 0 Å². The lowest BCUT2D eigenvalue weighted by Crippen LogP contribution is -2.60. The molecule has 1 atom stereocenters. The fourth-order valence-electron chi connectivity index (χ4n) is 5.08. The molecule has 4 heterocycles. The number of aromatic amines is 1. The first-order valence-corrected chi connectivity index (χ1v) is 13.0. The summed E-state index contributed by atoms with van der Waals surface area (Å²) in [7, 11) is 1.55. The lowest BCUT2D eigenvalue weighted by Gasteiger charge is -2.45. The third kappa shape index (κ3) is 5.00. The van der Waals surface area contributed by atoms with E-state index in [2.05, 4.69) is 27.2 Å². The highest BCUT2D eigenvalue weighted by molar-refractivity contribution is 5.95. The van der Waals surface area contributed by atoms with E-state index in [1.807, 2.05) is 29.2 Å². The Morgan fingerprint density at radius 1 is 1.15 bits per heavy atom. The van der Waals surface area contributed by atoms with Gasteiger partial charge in [0.1, 0.15) is 18.0 Å². The Bertz CT molecular complexity index is 1470. The zero-order valence-electron chi connectivity index (χ0n) is 21.9. The fourth-order valence-corrected chi connectivity index (χ4v) is 5.08. The second-order valence-corrected chi connectivity index (χ2v) is 9.93. The number of carbonyl (C=O) groups is 1. The lowest BCUT2D eigenvalue weighted by molar-refractivity contribution is -0.0812. The van der Waals surface area contributed by atoms with Crippen LogP contribution in [-0.2, 0) is 9.47 Å². The van der Waals surface area contributed by atoms with Gasteiger partial charge < -0.3 is 23.6 Å². The van der Waals surface area contributed by atoms with Crippen molar-refractivity contribution in [3.8, 4) is 28.5 Å². The molecule has 0 aliphatic carbocycles. The summed E-state index contributed by atoms with van der Waals surface area (Å²) < 4.78 is 35.9. The molecule has 0 spiro atoms. The van der Waals surface area contributed by atoms with Gasteiger partial charge in [-0.3, -0.25) is 14.8 Å². The van der Waals surface area contributed by atoms with Crippen LogP contribution in [0.25, 0.3) is 33.6 Å². The zero-order chi connectivity index (χ0) is 26.9. The molecule has 11 heteroatoms. The highest BCUT2D eigenvalue weighted by Gasteiger charge is 2.34. The number of nitrogens with zero attached hydrogens (tertiary/aromatic N) is 4. The van der Waals surface area contributed by atoms with Crippen LogP contribution in [0.4, 0.5) is 4.39 Å². The SMILES string of the molecule is COCCOc1cc2[nH]nc(-c3cc(-c4ccc(C(=O)N5CCN(C6COC6)CC5C)cc4)no3)c2cc1F. The van der Waals surface area contributed by atoms with Crippen LogP contribution in [-0.4, -0.2) is 96.3 Å². The Morgan fingerprint density at radius 3 is 2.69 bits per heavy atom. The molecule has 39 heavy (non-hydrogen) atoms. The first-order chi connectivity index (χ1) is 19.0. The van der Waals surface area contributed by atoms with Crippen molar-refractivity contribution in [3.05, 3.63) is 53.8 Å². The number of ether oxygens (including phenoxy) is 3. The average Bonchev–Trinajstić information content (AvgIpc) is 3.55. The second kappa shape index (κ2) is 10.8. The summed E-state index contributed by atoms with van der Waals surface area (Å²) in [5.74, 6) is 0.0309. The minimum Gasteiger partial charge on any atom is -0.488 e. The van der Waals surface area contributed by atoms with Gasteiger partial charge in [-0.05, 0) is 25.1 Å². The van der Waals surface area contributed by atoms with E-state index in [9.17, 15) is 9.18 Å². The number of benzene rings is 2. The van der Waals surface area contributed by atoms with Crippen LogP contribution < -0.4 is 4.74 Å². The molecular weight excluding hydrogens is 505 g/mol. The van der Waals surface area contributed by atoms with E-state index >= 15 is 0 Å². The van der Waals surface area contributed by atoms with Gasteiger partial charge in [0.25, 0.3) is 5.91 Å². The predicted octanol–water partition coefficient (Wildman–Crippen LogP) is 3.59. The molecule has 2 fully saturated rings. The standard InChI is InChI=1S/C28H30FN5O5/c1-17-14-33(20-15-37-16-20)7-8-34(17)28(35)19-5-3-18(4-6-19)23-12-26(39-32-23)27-21-11-22(29)25(38-10-9-36-2)13-24(21)30-31-27/h3-6,11-13,17,20H,7-10,14-16H2,1-2H3,(H,30,31). The van der Waals surface area contributed by atoms with Crippen LogP contribution in [0.1, 0.15) is 17.3 Å². The average molecular weight is 536 g/mol. The highest BCUT2D eigenvalue weighted by atomic mass is 19.1. The van der Waals surface area contributed by atoms with Crippen molar-refractivity contribution in [2.75, 3.05) is 53.2 Å². The van der Waals surface area contributed by atoms with E-state index in [0.29, 0.717) is 52.8 Å².